The Morgan fingerprint density at radius 1 is 1.18 bits per heavy atom. The summed E-state index contributed by atoms with van der Waals surface area (Å²) in [5, 5.41) is 19.3. The molecule has 2 aromatic carbocycles. The number of rotatable bonds is 6. The van der Waals surface area contributed by atoms with Crippen LogP contribution in [-0.4, -0.2) is 38.5 Å². The number of ether oxygens (including phenoxy) is 2. The van der Waals surface area contributed by atoms with Gasteiger partial charge in [-0.05, 0) is 42.7 Å². The van der Waals surface area contributed by atoms with Crippen molar-refractivity contribution < 1.29 is 19.2 Å². The molecule has 0 aliphatic carbocycles. The maximum Gasteiger partial charge on any atom is 0.270 e. The molecule has 0 atom stereocenters. The summed E-state index contributed by atoms with van der Waals surface area (Å²) >= 11 is 1.49. The van der Waals surface area contributed by atoms with Crippen LogP contribution in [0.4, 0.5) is 5.69 Å². The summed E-state index contributed by atoms with van der Waals surface area (Å²) in [6, 6.07) is 14.9. The summed E-state index contributed by atoms with van der Waals surface area (Å²) in [4.78, 5) is 28.0. The Bertz CT molecular complexity index is 1400. The monoisotopic (exact) mass is 463 g/mol. The lowest BCUT2D eigenvalue weighted by atomic mass is 10.1. The molecule has 166 valence electrons. The molecule has 33 heavy (non-hydrogen) atoms. The molecule has 0 unspecified atom stereocenters. The lowest BCUT2D eigenvalue weighted by Crippen LogP contribution is -2.24. The molecule has 0 spiro atoms. The van der Waals surface area contributed by atoms with Gasteiger partial charge >= 0.3 is 0 Å². The van der Waals surface area contributed by atoms with Crippen LogP contribution >= 0.6 is 11.8 Å². The molecule has 4 aromatic rings. The SMILES string of the molecule is CSc1ccc2nc(-c3ccc4c(c3)OCO4)c(CNC(=O)c3cccc([N+](=O)[O-])c3)n2n1. The van der Waals surface area contributed by atoms with Gasteiger partial charge in [-0.1, -0.05) is 6.07 Å². The van der Waals surface area contributed by atoms with E-state index in [4.69, 9.17) is 14.5 Å². The quantitative estimate of drug-likeness (QED) is 0.261. The maximum absolute atomic E-state index is 12.8. The van der Waals surface area contributed by atoms with E-state index in [1.807, 2.05) is 36.6 Å². The Labute approximate surface area is 191 Å². The number of hydrogen-bond acceptors (Lipinski definition) is 8. The van der Waals surface area contributed by atoms with E-state index in [1.165, 1.54) is 36.0 Å². The standard InChI is InChI=1S/C22H17N5O5S/c1-33-20-8-7-19-24-21(13-5-6-17-18(10-13)32-12-31-17)16(26(19)25-20)11-23-22(28)14-3-2-4-15(9-14)27(29)30/h2-10H,11-12H2,1H3,(H,23,28). The predicted molar refractivity (Wildman–Crippen MR) is 121 cm³/mol. The molecule has 1 aliphatic rings. The number of non-ortho nitro benzene ring substituents is 1. The van der Waals surface area contributed by atoms with Gasteiger partial charge in [-0.2, -0.15) is 5.10 Å². The summed E-state index contributed by atoms with van der Waals surface area (Å²) in [7, 11) is 0. The Hall–Kier alpha value is -4.12. The van der Waals surface area contributed by atoms with Crippen LogP contribution in [0.2, 0.25) is 0 Å². The largest absolute Gasteiger partial charge is 0.454 e. The van der Waals surface area contributed by atoms with E-state index in [2.05, 4.69) is 10.4 Å². The van der Waals surface area contributed by atoms with Crippen LogP contribution in [0.3, 0.4) is 0 Å². The average Bonchev–Trinajstić information content (AvgIpc) is 3.45. The lowest BCUT2D eigenvalue weighted by molar-refractivity contribution is -0.384. The average molecular weight is 463 g/mol. The summed E-state index contributed by atoms with van der Waals surface area (Å²) in [6.45, 7) is 0.270. The van der Waals surface area contributed by atoms with Gasteiger partial charge in [0, 0.05) is 23.3 Å². The molecule has 0 fully saturated rings. The second kappa shape index (κ2) is 8.43. The van der Waals surface area contributed by atoms with E-state index in [0.29, 0.717) is 28.5 Å². The zero-order valence-electron chi connectivity index (χ0n) is 17.3. The van der Waals surface area contributed by atoms with Crippen molar-refractivity contribution in [2.24, 2.45) is 0 Å². The van der Waals surface area contributed by atoms with Crippen molar-refractivity contribution in [1.29, 1.82) is 0 Å². The van der Waals surface area contributed by atoms with Crippen LogP contribution in [0.15, 0.2) is 59.6 Å². The third-order valence-corrected chi connectivity index (χ3v) is 5.77. The first-order valence-electron chi connectivity index (χ1n) is 9.89. The highest BCUT2D eigenvalue weighted by Crippen LogP contribution is 2.36. The van der Waals surface area contributed by atoms with Crippen molar-refractivity contribution >= 4 is 29.0 Å². The number of carbonyl (C=O) groups excluding carboxylic acids is 1. The Morgan fingerprint density at radius 3 is 2.85 bits per heavy atom. The predicted octanol–water partition coefficient (Wildman–Crippen LogP) is 3.69. The first-order valence-corrected chi connectivity index (χ1v) is 11.1. The molecule has 0 bridgehead atoms. The number of nitro benzene ring substituents is 1. The smallest absolute Gasteiger partial charge is 0.270 e. The van der Waals surface area contributed by atoms with Gasteiger partial charge in [0.2, 0.25) is 6.79 Å². The summed E-state index contributed by atoms with van der Waals surface area (Å²) in [6.07, 6.45) is 1.92. The molecule has 2 aromatic heterocycles. The fraction of sp³-hybridized carbons (Fsp3) is 0.136. The lowest BCUT2D eigenvalue weighted by Gasteiger charge is -2.08. The Kier molecular flexibility index (Phi) is 5.31. The molecule has 11 heteroatoms. The van der Waals surface area contributed by atoms with Crippen LogP contribution in [0.5, 0.6) is 11.5 Å². The van der Waals surface area contributed by atoms with Crippen molar-refractivity contribution in [3.63, 3.8) is 0 Å². The highest BCUT2D eigenvalue weighted by Gasteiger charge is 2.21. The molecule has 3 heterocycles. The molecule has 10 nitrogen and oxygen atoms in total. The Morgan fingerprint density at radius 2 is 2.03 bits per heavy atom. The van der Waals surface area contributed by atoms with Crippen LogP contribution in [0, 0.1) is 10.1 Å². The van der Waals surface area contributed by atoms with Crippen molar-refractivity contribution in [1.82, 2.24) is 19.9 Å². The number of amides is 1. The van der Waals surface area contributed by atoms with Gasteiger partial charge in [0.1, 0.15) is 5.03 Å². The minimum Gasteiger partial charge on any atom is -0.454 e. The second-order valence-corrected chi connectivity index (χ2v) is 7.94. The molecule has 5 rings (SSSR count). The van der Waals surface area contributed by atoms with Gasteiger partial charge in [0.15, 0.2) is 17.1 Å². The number of benzene rings is 2. The number of carbonyl (C=O) groups is 1. The zero-order valence-corrected chi connectivity index (χ0v) is 18.2. The van der Waals surface area contributed by atoms with E-state index < -0.39 is 10.8 Å². The molecular formula is C22H17N5O5S. The molecule has 0 saturated carbocycles. The normalized spacial score (nSPS) is 12.2. The number of hydrogen-bond donors (Lipinski definition) is 1. The van der Waals surface area contributed by atoms with Gasteiger partial charge in [-0.3, -0.25) is 14.9 Å². The fourth-order valence-electron chi connectivity index (χ4n) is 3.53. The molecule has 0 radical (unpaired) electrons. The van der Waals surface area contributed by atoms with Crippen LogP contribution in [-0.2, 0) is 6.54 Å². The van der Waals surface area contributed by atoms with E-state index >= 15 is 0 Å². The van der Waals surface area contributed by atoms with Crippen LogP contribution in [0.25, 0.3) is 16.9 Å². The highest BCUT2D eigenvalue weighted by molar-refractivity contribution is 7.98. The first-order chi connectivity index (χ1) is 16.0. The van der Waals surface area contributed by atoms with Crippen LogP contribution in [0.1, 0.15) is 16.1 Å². The third-order valence-electron chi connectivity index (χ3n) is 5.14. The van der Waals surface area contributed by atoms with Gasteiger partial charge in [-0.25, -0.2) is 9.50 Å². The van der Waals surface area contributed by atoms with Crippen molar-refractivity contribution in [2.45, 2.75) is 11.6 Å². The van der Waals surface area contributed by atoms with E-state index in [9.17, 15) is 14.9 Å². The van der Waals surface area contributed by atoms with Gasteiger partial charge in [0.25, 0.3) is 11.6 Å². The molecule has 1 amide bonds. The number of nitro groups is 1. The van der Waals surface area contributed by atoms with Crippen LogP contribution < -0.4 is 14.8 Å². The second-order valence-electron chi connectivity index (χ2n) is 7.11. The molecule has 0 saturated heterocycles. The molecule has 1 aliphatic heterocycles. The minimum atomic E-state index is -0.535. The van der Waals surface area contributed by atoms with E-state index in [1.54, 1.807) is 4.52 Å². The molecular weight excluding hydrogens is 446 g/mol. The topological polar surface area (TPSA) is 121 Å². The number of imidazole rings is 1. The van der Waals surface area contributed by atoms with E-state index in [0.717, 1.165) is 10.6 Å². The van der Waals surface area contributed by atoms with E-state index in [-0.39, 0.29) is 24.6 Å². The van der Waals surface area contributed by atoms with Gasteiger partial charge in [-0.15, -0.1) is 11.8 Å². The number of aromatic nitrogens is 3. The number of nitrogens with zero attached hydrogens (tertiary/aromatic N) is 4. The maximum atomic E-state index is 12.8. The van der Waals surface area contributed by atoms with Crippen molar-refractivity contribution in [3.8, 4) is 22.8 Å². The van der Waals surface area contributed by atoms with Crippen molar-refractivity contribution in [3.05, 3.63) is 76.0 Å². The molecule has 1 N–H and O–H groups in total. The first kappa shape index (κ1) is 20.8. The van der Waals surface area contributed by atoms with Gasteiger partial charge in [0.05, 0.1) is 22.9 Å². The van der Waals surface area contributed by atoms with Crippen molar-refractivity contribution in [2.75, 3.05) is 13.0 Å². The number of fused-ring (bicyclic) bond motifs is 2. The van der Waals surface area contributed by atoms with Gasteiger partial charge < -0.3 is 14.8 Å². The zero-order chi connectivity index (χ0) is 22.9. The number of thioether (sulfide) groups is 1. The third kappa shape index (κ3) is 3.94. The summed E-state index contributed by atoms with van der Waals surface area (Å²) < 4.78 is 12.6. The minimum absolute atomic E-state index is 0.108. The summed E-state index contributed by atoms with van der Waals surface area (Å²) in [5.41, 5.74) is 2.76. The Balaban J connectivity index is 1.52. The highest BCUT2D eigenvalue weighted by atomic mass is 32.2. The number of nitrogens with one attached hydrogen (secondary N) is 1. The fourth-order valence-corrected chi connectivity index (χ4v) is 3.90. The summed E-state index contributed by atoms with van der Waals surface area (Å²) in [5.74, 6) is 0.839.